The van der Waals surface area contributed by atoms with Gasteiger partial charge in [-0.15, -0.1) is 0 Å². The summed E-state index contributed by atoms with van der Waals surface area (Å²) in [5.74, 6) is 0. The lowest BCUT2D eigenvalue weighted by Crippen LogP contribution is -2.33. The Bertz CT molecular complexity index is 440. The van der Waals surface area contributed by atoms with Gasteiger partial charge in [0, 0.05) is 5.69 Å². The lowest BCUT2D eigenvalue weighted by atomic mass is 9.91. The molecule has 6 heteroatoms. The fourth-order valence-electron chi connectivity index (χ4n) is 1.13. The molecule has 0 amide bonds. The first-order valence-corrected chi connectivity index (χ1v) is 3.86. The highest BCUT2D eigenvalue weighted by atomic mass is 16.4. The van der Waals surface area contributed by atoms with Gasteiger partial charge in [-0.3, -0.25) is 0 Å². The zero-order valence-corrected chi connectivity index (χ0v) is 7.02. The Hall–Kier alpha value is -1.40. The molecule has 0 fully saturated rings. The maximum atomic E-state index is 8.83. The van der Waals surface area contributed by atoms with E-state index in [1.54, 1.807) is 6.07 Å². The molecule has 0 spiro atoms. The highest BCUT2D eigenvalue weighted by Gasteiger charge is 2.16. The van der Waals surface area contributed by atoms with Crippen molar-refractivity contribution >= 4 is 24.0 Å². The first-order valence-electron chi connectivity index (χ1n) is 3.86. The van der Waals surface area contributed by atoms with Crippen LogP contribution in [0.25, 0.3) is 11.2 Å². The number of hydrogen-bond donors (Lipinski definition) is 3. The Balaban J connectivity index is 2.62. The second-order valence-corrected chi connectivity index (χ2v) is 2.82. The van der Waals surface area contributed by atoms with Crippen molar-refractivity contribution in [2.45, 2.75) is 6.92 Å². The molecule has 0 saturated carbocycles. The number of aromatic amines is 1. The quantitative estimate of drug-likeness (QED) is 0.485. The molecule has 0 aliphatic rings. The fraction of sp³-hybridized carbons (Fsp3) is 0.143. The minimum absolute atomic E-state index is 0.119. The fourth-order valence-corrected chi connectivity index (χ4v) is 1.13. The molecule has 13 heavy (non-hydrogen) atoms. The number of rotatable bonds is 1. The third-order valence-electron chi connectivity index (χ3n) is 1.75. The van der Waals surface area contributed by atoms with Crippen molar-refractivity contribution in [2.24, 2.45) is 0 Å². The Morgan fingerprint density at radius 3 is 2.77 bits per heavy atom. The average Bonchev–Trinajstić information content (AvgIpc) is 2.46. The maximum Gasteiger partial charge on any atom is 0.526 e. The van der Waals surface area contributed by atoms with Gasteiger partial charge in [0.15, 0.2) is 5.65 Å². The van der Waals surface area contributed by atoms with E-state index in [4.69, 9.17) is 10.0 Å². The molecular weight excluding hydrogens is 169 g/mol. The van der Waals surface area contributed by atoms with Crippen LogP contribution in [0, 0.1) is 6.92 Å². The molecule has 66 valence electrons. The number of H-pyrrole nitrogens is 1. The number of aromatic nitrogens is 3. The second-order valence-electron chi connectivity index (χ2n) is 2.82. The van der Waals surface area contributed by atoms with Crippen molar-refractivity contribution in [2.75, 3.05) is 0 Å². The molecule has 2 heterocycles. The third kappa shape index (κ3) is 1.41. The number of hydrogen-bond acceptors (Lipinski definition) is 4. The van der Waals surface area contributed by atoms with Crippen LogP contribution in [0.1, 0.15) is 5.69 Å². The monoisotopic (exact) mass is 177 g/mol. The summed E-state index contributed by atoms with van der Waals surface area (Å²) in [4.78, 5) is 10.8. The molecule has 0 atom stereocenters. The lowest BCUT2D eigenvalue weighted by Gasteiger charge is -1.88. The van der Waals surface area contributed by atoms with Crippen molar-refractivity contribution in [3.63, 3.8) is 0 Å². The van der Waals surface area contributed by atoms with E-state index in [0.29, 0.717) is 11.2 Å². The Labute approximate surface area is 74.6 Å². The van der Waals surface area contributed by atoms with Crippen LogP contribution < -0.4 is 5.72 Å². The minimum Gasteiger partial charge on any atom is -0.421 e. The Morgan fingerprint density at radius 1 is 1.31 bits per heavy atom. The largest absolute Gasteiger partial charge is 0.526 e. The standard InChI is InChI=1S/C7H8BN3O2/c1-4-2-3-5-6(9-4)11-7(10-5)8(12)13/h2-3,12-13H,1H3,(H,9,10,11). The van der Waals surface area contributed by atoms with Crippen molar-refractivity contribution in [1.29, 1.82) is 0 Å². The van der Waals surface area contributed by atoms with Gasteiger partial charge in [-0.1, -0.05) is 0 Å². The van der Waals surface area contributed by atoms with Crippen molar-refractivity contribution < 1.29 is 10.0 Å². The molecule has 2 aromatic rings. The van der Waals surface area contributed by atoms with E-state index < -0.39 is 7.12 Å². The van der Waals surface area contributed by atoms with Crippen LogP contribution in [0.5, 0.6) is 0 Å². The highest BCUT2D eigenvalue weighted by molar-refractivity contribution is 6.56. The summed E-state index contributed by atoms with van der Waals surface area (Å²) in [6.45, 7) is 1.85. The molecule has 0 unspecified atom stereocenters. The van der Waals surface area contributed by atoms with Gasteiger partial charge in [0.1, 0.15) is 5.72 Å². The van der Waals surface area contributed by atoms with Gasteiger partial charge in [0.05, 0.1) is 5.52 Å². The molecule has 0 aromatic carbocycles. The second kappa shape index (κ2) is 2.83. The molecule has 3 N–H and O–H groups in total. The molecule has 2 rings (SSSR count). The SMILES string of the molecule is Cc1ccc2[nH]c(B(O)O)nc2n1. The molecule has 0 aliphatic heterocycles. The summed E-state index contributed by atoms with van der Waals surface area (Å²) < 4.78 is 0. The van der Waals surface area contributed by atoms with Crippen molar-refractivity contribution in [1.82, 2.24) is 15.0 Å². The number of fused-ring (bicyclic) bond motifs is 1. The van der Waals surface area contributed by atoms with E-state index in [1.165, 1.54) is 0 Å². The smallest absolute Gasteiger partial charge is 0.421 e. The molecule has 5 nitrogen and oxygen atoms in total. The summed E-state index contributed by atoms with van der Waals surface area (Å²) in [6, 6.07) is 3.63. The molecule has 0 radical (unpaired) electrons. The molecular formula is C7H8BN3O2. The number of imidazole rings is 1. The average molecular weight is 177 g/mol. The van der Waals surface area contributed by atoms with E-state index in [2.05, 4.69) is 15.0 Å². The molecule has 2 aromatic heterocycles. The van der Waals surface area contributed by atoms with Crippen molar-refractivity contribution in [3.8, 4) is 0 Å². The van der Waals surface area contributed by atoms with E-state index >= 15 is 0 Å². The van der Waals surface area contributed by atoms with Crippen LogP contribution in [0.2, 0.25) is 0 Å². The van der Waals surface area contributed by atoms with Crippen molar-refractivity contribution in [3.05, 3.63) is 17.8 Å². The normalized spacial score (nSPS) is 10.7. The van der Waals surface area contributed by atoms with Crippen LogP contribution in [0.3, 0.4) is 0 Å². The van der Waals surface area contributed by atoms with Gasteiger partial charge >= 0.3 is 7.12 Å². The number of aryl methyl sites for hydroxylation is 1. The Kier molecular flexibility index (Phi) is 1.79. The van der Waals surface area contributed by atoms with E-state index in [-0.39, 0.29) is 5.72 Å². The van der Waals surface area contributed by atoms with Crippen LogP contribution in [0.15, 0.2) is 12.1 Å². The summed E-state index contributed by atoms with van der Waals surface area (Å²) in [6.07, 6.45) is 0. The van der Waals surface area contributed by atoms with E-state index in [0.717, 1.165) is 5.69 Å². The third-order valence-corrected chi connectivity index (χ3v) is 1.75. The van der Waals surface area contributed by atoms with Gasteiger partial charge in [-0.2, -0.15) is 0 Å². The zero-order chi connectivity index (χ0) is 9.42. The summed E-state index contributed by atoms with van der Waals surface area (Å²) in [7, 11) is -1.57. The van der Waals surface area contributed by atoms with Crippen LogP contribution in [-0.2, 0) is 0 Å². The van der Waals surface area contributed by atoms with Gasteiger partial charge in [-0.05, 0) is 19.1 Å². The lowest BCUT2D eigenvalue weighted by molar-refractivity contribution is 0.423. The molecule has 0 bridgehead atoms. The summed E-state index contributed by atoms with van der Waals surface area (Å²) in [5, 5.41) is 17.7. The van der Waals surface area contributed by atoms with Gasteiger partial charge in [-0.25, -0.2) is 9.97 Å². The van der Waals surface area contributed by atoms with Crippen LogP contribution >= 0.6 is 0 Å². The predicted molar refractivity (Wildman–Crippen MR) is 48.5 cm³/mol. The van der Waals surface area contributed by atoms with Crippen LogP contribution in [0.4, 0.5) is 0 Å². The highest BCUT2D eigenvalue weighted by Crippen LogP contribution is 2.04. The first kappa shape index (κ1) is 8.21. The zero-order valence-electron chi connectivity index (χ0n) is 7.02. The number of pyridine rings is 1. The molecule has 0 saturated heterocycles. The van der Waals surface area contributed by atoms with Crippen LogP contribution in [-0.4, -0.2) is 32.1 Å². The van der Waals surface area contributed by atoms with Gasteiger partial charge < -0.3 is 15.0 Å². The van der Waals surface area contributed by atoms with Gasteiger partial charge in [0.2, 0.25) is 0 Å². The first-order chi connectivity index (χ1) is 6.16. The Morgan fingerprint density at radius 2 is 2.08 bits per heavy atom. The summed E-state index contributed by atoms with van der Waals surface area (Å²) >= 11 is 0. The number of nitrogens with zero attached hydrogens (tertiary/aromatic N) is 2. The van der Waals surface area contributed by atoms with E-state index in [9.17, 15) is 0 Å². The maximum absolute atomic E-state index is 8.83. The summed E-state index contributed by atoms with van der Waals surface area (Å²) in [5.41, 5.74) is 2.17. The predicted octanol–water partition coefficient (Wildman–Crippen LogP) is -1.05. The topological polar surface area (TPSA) is 82.0 Å². The molecule has 0 aliphatic carbocycles. The van der Waals surface area contributed by atoms with Gasteiger partial charge in [0.25, 0.3) is 0 Å². The number of nitrogens with one attached hydrogen (secondary N) is 1. The minimum atomic E-state index is -1.57. The van der Waals surface area contributed by atoms with E-state index in [1.807, 2.05) is 13.0 Å².